The molecule has 1 aromatic heterocycles. The standard InChI is InChI=1S/C14H14FN3O3S/c15-7-5-8(11-9(6-7)16-14(22)17-11)12(19)18-4-2-1-3-10(18)13(20)21/h5-6,10H,1-4H2,(H,20,21)(H2,16,17,22). The third-order valence-electron chi connectivity index (χ3n) is 3.87. The number of nitrogens with zero attached hydrogens (tertiary/aromatic N) is 1. The van der Waals surface area contributed by atoms with Gasteiger partial charge in [0.25, 0.3) is 5.91 Å². The third-order valence-corrected chi connectivity index (χ3v) is 4.07. The molecule has 1 unspecified atom stereocenters. The van der Waals surface area contributed by atoms with Gasteiger partial charge in [0.05, 0.1) is 16.6 Å². The zero-order valence-corrected chi connectivity index (χ0v) is 12.4. The largest absolute Gasteiger partial charge is 0.480 e. The second kappa shape index (κ2) is 5.53. The maximum absolute atomic E-state index is 13.7. The van der Waals surface area contributed by atoms with Crippen LogP contribution in [0.4, 0.5) is 4.39 Å². The molecule has 1 fully saturated rings. The van der Waals surface area contributed by atoms with Crippen molar-refractivity contribution in [1.82, 2.24) is 14.9 Å². The number of halogens is 1. The van der Waals surface area contributed by atoms with Gasteiger partial charge in [0.15, 0.2) is 4.77 Å². The van der Waals surface area contributed by atoms with Crippen molar-refractivity contribution in [3.63, 3.8) is 0 Å². The average molecular weight is 323 g/mol. The van der Waals surface area contributed by atoms with Gasteiger partial charge in [-0.05, 0) is 43.6 Å². The second-order valence-corrected chi connectivity index (χ2v) is 5.71. The van der Waals surface area contributed by atoms with E-state index in [1.165, 1.54) is 11.0 Å². The molecule has 3 N–H and O–H groups in total. The number of rotatable bonds is 2. The van der Waals surface area contributed by atoms with Crippen LogP contribution in [0.25, 0.3) is 11.0 Å². The molecule has 0 aliphatic carbocycles. The van der Waals surface area contributed by atoms with Crippen LogP contribution in [0.3, 0.4) is 0 Å². The van der Waals surface area contributed by atoms with Gasteiger partial charge in [0.1, 0.15) is 11.9 Å². The Kier molecular flexibility index (Phi) is 3.69. The first-order chi connectivity index (χ1) is 10.5. The Morgan fingerprint density at radius 1 is 1.32 bits per heavy atom. The Bertz CT molecular complexity index is 813. The van der Waals surface area contributed by atoms with Crippen LogP contribution in [0.1, 0.15) is 29.6 Å². The van der Waals surface area contributed by atoms with Crippen molar-refractivity contribution >= 4 is 35.1 Å². The first kappa shape index (κ1) is 14.7. The van der Waals surface area contributed by atoms with Gasteiger partial charge in [-0.1, -0.05) is 0 Å². The Labute approximate surface area is 129 Å². The lowest BCUT2D eigenvalue weighted by molar-refractivity contribution is -0.143. The summed E-state index contributed by atoms with van der Waals surface area (Å²) in [4.78, 5) is 30.9. The van der Waals surface area contributed by atoms with Crippen LogP contribution in [0.5, 0.6) is 0 Å². The monoisotopic (exact) mass is 323 g/mol. The number of hydrogen-bond donors (Lipinski definition) is 3. The number of aliphatic carboxylic acids is 1. The zero-order chi connectivity index (χ0) is 15.9. The maximum atomic E-state index is 13.7. The van der Waals surface area contributed by atoms with Gasteiger partial charge in [-0.2, -0.15) is 0 Å². The van der Waals surface area contributed by atoms with Crippen molar-refractivity contribution in [3.05, 3.63) is 28.3 Å². The molecule has 116 valence electrons. The summed E-state index contributed by atoms with van der Waals surface area (Å²) in [6.45, 7) is 0.346. The van der Waals surface area contributed by atoms with Crippen LogP contribution in [-0.4, -0.2) is 44.4 Å². The molecule has 22 heavy (non-hydrogen) atoms. The lowest BCUT2D eigenvalue weighted by Gasteiger charge is -2.33. The Morgan fingerprint density at radius 3 is 2.82 bits per heavy atom. The van der Waals surface area contributed by atoms with Crippen molar-refractivity contribution in [2.75, 3.05) is 6.54 Å². The molecule has 1 aromatic carbocycles. The van der Waals surface area contributed by atoms with Crippen molar-refractivity contribution in [1.29, 1.82) is 0 Å². The second-order valence-electron chi connectivity index (χ2n) is 5.30. The number of piperidine rings is 1. The number of nitrogens with one attached hydrogen (secondary N) is 2. The number of amides is 1. The molecule has 1 aliphatic rings. The first-order valence-corrected chi connectivity index (χ1v) is 7.33. The minimum Gasteiger partial charge on any atom is -0.480 e. The minimum atomic E-state index is -1.04. The molecule has 0 saturated carbocycles. The van der Waals surface area contributed by atoms with E-state index in [4.69, 9.17) is 12.2 Å². The summed E-state index contributed by atoms with van der Waals surface area (Å²) in [5.41, 5.74) is 0.874. The van der Waals surface area contributed by atoms with Crippen LogP contribution in [0.2, 0.25) is 0 Å². The van der Waals surface area contributed by atoms with E-state index in [1.807, 2.05) is 0 Å². The SMILES string of the molecule is O=C(O)C1CCCCN1C(=O)c1cc(F)cc2[nH]c(=S)[nH]c12. The number of carbonyl (C=O) groups is 2. The highest BCUT2D eigenvalue weighted by molar-refractivity contribution is 7.71. The Morgan fingerprint density at radius 2 is 2.09 bits per heavy atom. The number of aromatic amines is 2. The van der Waals surface area contributed by atoms with E-state index in [9.17, 15) is 19.1 Å². The Hall–Kier alpha value is -2.22. The molecule has 3 rings (SSSR count). The summed E-state index contributed by atoms with van der Waals surface area (Å²) < 4.78 is 14.0. The summed E-state index contributed by atoms with van der Waals surface area (Å²) >= 11 is 4.97. The third kappa shape index (κ3) is 2.50. The van der Waals surface area contributed by atoms with E-state index in [0.29, 0.717) is 24.0 Å². The number of carboxylic acids is 1. The molecule has 1 saturated heterocycles. The Balaban J connectivity index is 2.07. The van der Waals surface area contributed by atoms with Crippen molar-refractivity contribution in [3.8, 4) is 0 Å². The van der Waals surface area contributed by atoms with Crippen molar-refractivity contribution < 1.29 is 19.1 Å². The van der Waals surface area contributed by atoms with Crippen LogP contribution < -0.4 is 0 Å². The van der Waals surface area contributed by atoms with Gasteiger partial charge in [-0.25, -0.2) is 9.18 Å². The summed E-state index contributed by atoms with van der Waals surface area (Å²) in [5.74, 6) is -2.12. The highest BCUT2D eigenvalue weighted by Gasteiger charge is 2.33. The number of carbonyl (C=O) groups excluding carboxylic acids is 1. The summed E-state index contributed by atoms with van der Waals surface area (Å²) in [6.07, 6.45) is 1.89. The predicted octanol–water partition coefficient (Wildman–Crippen LogP) is 2.44. The highest BCUT2D eigenvalue weighted by Crippen LogP contribution is 2.24. The zero-order valence-electron chi connectivity index (χ0n) is 11.6. The van der Waals surface area contributed by atoms with E-state index >= 15 is 0 Å². The number of carboxylic acid groups (broad SMARTS) is 1. The maximum Gasteiger partial charge on any atom is 0.326 e. The number of hydrogen-bond acceptors (Lipinski definition) is 3. The number of aromatic nitrogens is 2. The number of fused-ring (bicyclic) bond motifs is 1. The number of benzene rings is 1. The summed E-state index contributed by atoms with van der Waals surface area (Å²) in [6, 6.07) is 1.47. The molecule has 1 amide bonds. The van der Waals surface area contributed by atoms with Gasteiger partial charge < -0.3 is 20.0 Å². The highest BCUT2D eigenvalue weighted by atomic mass is 32.1. The van der Waals surface area contributed by atoms with Crippen molar-refractivity contribution in [2.45, 2.75) is 25.3 Å². The van der Waals surface area contributed by atoms with Crippen LogP contribution >= 0.6 is 12.2 Å². The normalized spacial score (nSPS) is 18.6. The molecule has 0 radical (unpaired) electrons. The fourth-order valence-electron chi connectivity index (χ4n) is 2.86. The molecular formula is C14H14FN3O3S. The minimum absolute atomic E-state index is 0.0931. The van der Waals surface area contributed by atoms with Crippen molar-refractivity contribution in [2.24, 2.45) is 0 Å². The van der Waals surface area contributed by atoms with E-state index in [-0.39, 0.29) is 10.3 Å². The first-order valence-electron chi connectivity index (χ1n) is 6.92. The fraction of sp³-hybridized carbons (Fsp3) is 0.357. The molecule has 1 atom stereocenters. The van der Waals surface area contributed by atoms with Gasteiger partial charge in [0.2, 0.25) is 0 Å². The smallest absolute Gasteiger partial charge is 0.326 e. The number of H-pyrrole nitrogens is 2. The van der Waals surface area contributed by atoms with Gasteiger partial charge >= 0.3 is 5.97 Å². The van der Waals surface area contributed by atoms with E-state index in [2.05, 4.69) is 9.97 Å². The molecule has 1 aliphatic heterocycles. The lowest BCUT2D eigenvalue weighted by Crippen LogP contribution is -2.48. The summed E-state index contributed by atoms with van der Waals surface area (Å²) in [7, 11) is 0. The fourth-order valence-corrected chi connectivity index (χ4v) is 3.07. The van der Waals surface area contributed by atoms with Gasteiger partial charge in [-0.3, -0.25) is 4.79 Å². The van der Waals surface area contributed by atoms with Gasteiger partial charge in [-0.15, -0.1) is 0 Å². The average Bonchev–Trinajstić information content (AvgIpc) is 2.85. The molecule has 2 heterocycles. The topological polar surface area (TPSA) is 89.2 Å². The van der Waals surface area contributed by atoms with E-state index in [1.54, 1.807) is 0 Å². The van der Waals surface area contributed by atoms with E-state index < -0.39 is 23.7 Å². The van der Waals surface area contributed by atoms with Gasteiger partial charge in [0, 0.05) is 6.54 Å². The lowest BCUT2D eigenvalue weighted by atomic mass is 10.0. The molecule has 0 bridgehead atoms. The number of likely N-dealkylation sites (tertiary alicyclic amines) is 1. The van der Waals surface area contributed by atoms with Crippen LogP contribution in [0.15, 0.2) is 12.1 Å². The quantitative estimate of drug-likeness (QED) is 0.741. The van der Waals surface area contributed by atoms with Crippen LogP contribution in [-0.2, 0) is 4.79 Å². The molecule has 0 spiro atoms. The molecule has 8 heteroatoms. The number of imidazole rings is 1. The van der Waals surface area contributed by atoms with Crippen LogP contribution in [0, 0.1) is 10.6 Å². The molecule has 2 aromatic rings. The molecule has 6 nitrogen and oxygen atoms in total. The van der Waals surface area contributed by atoms with E-state index in [0.717, 1.165) is 18.9 Å². The summed E-state index contributed by atoms with van der Waals surface area (Å²) in [5, 5.41) is 9.28. The molecular weight excluding hydrogens is 309 g/mol. The predicted molar refractivity (Wildman–Crippen MR) is 79.8 cm³/mol.